The number of esters is 1. The maximum Gasteiger partial charge on any atom is 0.310 e. The van der Waals surface area contributed by atoms with E-state index in [2.05, 4.69) is 5.32 Å². The van der Waals surface area contributed by atoms with Crippen LogP contribution in [0.1, 0.15) is 25.8 Å². The van der Waals surface area contributed by atoms with E-state index in [1.807, 2.05) is 38.1 Å². The van der Waals surface area contributed by atoms with E-state index in [9.17, 15) is 14.0 Å². The molecular weight excluding hydrogens is 347 g/mol. The zero-order valence-electron chi connectivity index (χ0n) is 15.5. The van der Waals surface area contributed by atoms with E-state index >= 15 is 0 Å². The molecule has 27 heavy (non-hydrogen) atoms. The number of anilines is 2. The second kappa shape index (κ2) is 7.78. The molecule has 0 unspecified atom stereocenters. The smallest absolute Gasteiger partial charge is 0.310 e. The van der Waals surface area contributed by atoms with Crippen molar-refractivity contribution in [3.63, 3.8) is 0 Å². The number of nitrogens with zero attached hydrogens (tertiary/aromatic N) is 1. The Hall–Kier alpha value is -2.89. The average Bonchev–Trinajstić information content (AvgIpc) is 2.63. The normalized spacial score (nSPS) is 15.1. The number of carbonyl (C=O) groups excluding carboxylic acids is 2. The molecular formula is C21H23FN2O3. The highest BCUT2D eigenvalue weighted by molar-refractivity contribution is 6.07. The fraction of sp³-hybridized carbons (Fsp3) is 0.333. The van der Waals surface area contributed by atoms with Gasteiger partial charge in [-0.25, -0.2) is 4.39 Å². The molecule has 1 aliphatic rings. The van der Waals surface area contributed by atoms with Crippen molar-refractivity contribution in [2.75, 3.05) is 23.4 Å². The third kappa shape index (κ3) is 4.45. The quantitative estimate of drug-likeness (QED) is 0.624. The summed E-state index contributed by atoms with van der Waals surface area (Å²) in [5, 5.41) is 3.25. The molecule has 3 rings (SSSR count). The van der Waals surface area contributed by atoms with Crippen LogP contribution in [0.4, 0.5) is 15.8 Å². The maximum atomic E-state index is 12.9. The van der Waals surface area contributed by atoms with Crippen molar-refractivity contribution in [2.45, 2.75) is 32.2 Å². The molecule has 5 nitrogen and oxygen atoms in total. The van der Waals surface area contributed by atoms with Crippen molar-refractivity contribution >= 4 is 23.3 Å². The Kier molecular flexibility index (Phi) is 5.44. The molecule has 0 bridgehead atoms. The van der Waals surface area contributed by atoms with Crippen LogP contribution >= 0.6 is 0 Å². The number of hydrogen-bond acceptors (Lipinski definition) is 4. The van der Waals surface area contributed by atoms with E-state index in [1.54, 1.807) is 17.0 Å². The average molecular weight is 370 g/mol. The Bertz CT molecular complexity index is 834. The van der Waals surface area contributed by atoms with Crippen LogP contribution in [0.25, 0.3) is 0 Å². The monoisotopic (exact) mass is 370 g/mol. The summed E-state index contributed by atoms with van der Waals surface area (Å²) < 4.78 is 18.1. The molecule has 0 spiro atoms. The van der Waals surface area contributed by atoms with E-state index in [4.69, 9.17) is 4.74 Å². The molecule has 0 saturated heterocycles. The molecule has 0 aromatic heterocycles. The van der Waals surface area contributed by atoms with Gasteiger partial charge in [-0.2, -0.15) is 0 Å². The standard InChI is InChI=1S/C21H23FN2O3/c1-21(2)20(26)24(18-7-4-3-6-17(18)23-21)12-5-13-27-19(25)14-15-8-10-16(22)11-9-15/h3-4,6-11,23H,5,12-14H2,1-2H3. The van der Waals surface area contributed by atoms with Crippen LogP contribution in [-0.2, 0) is 20.7 Å². The molecule has 1 N–H and O–H groups in total. The number of ether oxygens (including phenoxy) is 1. The van der Waals surface area contributed by atoms with Crippen LogP contribution in [0.2, 0.25) is 0 Å². The van der Waals surface area contributed by atoms with Gasteiger partial charge in [0.25, 0.3) is 5.91 Å². The Morgan fingerprint density at radius 2 is 1.85 bits per heavy atom. The lowest BCUT2D eigenvalue weighted by Crippen LogP contribution is -2.54. The SMILES string of the molecule is CC1(C)Nc2ccccc2N(CCCOC(=O)Cc2ccc(F)cc2)C1=O. The summed E-state index contributed by atoms with van der Waals surface area (Å²) in [6.45, 7) is 4.38. The van der Waals surface area contributed by atoms with Crippen molar-refractivity contribution in [1.29, 1.82) is 0 Å². The lowest BCUT2D eigenvalue weighted by molar-refractivity contribution is -0.142. The lowest BCUT2D eigenvalue weighted by Gasteiger charge is -2.40. The van der Waals surface area contributed by atoms with Gasteiger partial charge in [-0.05, 0) is 50.1 Å². The molecule has 1 aliphatic heterocycles. The van der Waals surface area contributed by atoms with Crippen LogP contribution in [0.3, 0.4) is 0 Å². The van der Waals surface area contributed by atoms with Gasteiger partial charge in [0.05, 0.1) is 24.4 Å². The number of hydrogen-bond donors (Lipinski definition) is 1. The molecule has 2 aromatic carbocycles. The number of halogens is 1. The van der Waals surface area contributed by atoms with E-state index in [0.717, 1.165) is 11.4 Å². The third-order valence-electron chi connectivity index (χ3n) is 4.47. The number of nitrogens with one attached hydrogen (secondary N) is 1. The molecule has 0 aliphatic carbocycles. The minimum Gasteiger partial charge on any atom is -0.465 e. The molecule has 6 heteroatoms. The highest BCUT2D eigenvalue weighted by Gasteiger charge is 2.38. The van der Waals surface area contributed by atoms with Gasteiger partial charge in [0.2, 0.25) is 0 Å². The van der Waals surface area contributed by atoms with Crippen LogP contribution in [0, 0.1) is 5.82 Å². The van der Waals surface area contributed by atoms with Gasteiger partial charge < -0.3 is 15.0 Å². The summed E-state index contributed by atoms with van der Waals surface area (Å²) in [5.74, 6) is -0.719. The lowest BCUT2D eigenvalue weighted by atomic mass is 9.98. The van der Waals surface area contributed by atoms with Gasteiger partial charge in [-0.3, -0.25) is 9.59 Å². The van der Waals surface area contributed by atoms with Gasteiger partial charge in [-0.15, -0.1) is 0 Å². The van der Waals surface area contributed by atoms with Crippen LogP contribution in [0.15, 0.2) is 48.5 Å². The summed E-state index contributed by atoms with van der Waals surface area (Å²) in [4.78, 5) is 26.4. The van der Waals surface area contributed by atoms with Crippen molar-refractivity contribution in [1.82, 2.24) is 0 Å². The minimum atomic E-state index is -0.687. The Morgan fingerprint density at radius 1 is 1.15 bits per heavy atom. The topological polar surface area (TPSA) is 58.6 Å². The molecule has 0 fully saturated rings. The number of benzene rings is 2. The number of rotatable bonds is 6. The van der Waals surface area contributed by atoms with Crippen molar-refractivity contribution in [3.05, 3.63) is 59.9 Å². The van der Waals surface area contributed by atoms with Crippen molar-refractivity contribution < 1.29 is 18.7 Å². The number of para-hydroxylation sites is 2. The van der Waals surface area contributed by atoms with Crippen LogP contribution in [-0.4, -0.2) is 30.6 Å². The zero-order chi connectivity index (χ0) is 19.4. The first kappa shape index (κ1) is 18.9. The first-order valence-electron chi connectivity index (χ1n) is 8.96. The maximum absolute atomic E-state index is 12.9. The molecule has 142 valence electrons. The van der Waals surface area contributed by atoms with Crippen molar-refractivity contribution in [3.8, 4) is 0 Å². The molecule has 1 amide bonds. The first-order chi connectivity index (χ1) is 12.9. The van der Waals surface area contributed by atoms with E-state index in [-0.39, 0.29) is 30.7 Å². The Balaban J connectivity index is 1.53. The molecule has 0 radical (unpaired) electrons. The van der Waals surface area contributed by atoms with E-state index in [1.165, 1.54) is 12.1 Å². The van der Waals surface area contributed by atoms with Gasteiger partial charge in [-0.1, -0.05) is 24.3 Å². The van der Waals surface area contributed by atoms with Crippen LogP contribution < -0.4 is 10.2 Å². The number of fused-ring (bicyclic) bond motifs is 1. The van der Waals surface area contributed by atoms with E-state index < -0.39 is 5.54 Å². The summed E-state index contributed by atoms with van der Waals surface area (Å²) >= 11 is 0. The second-order valence-electron chi connectivity index (χ2n) is 7.10. The summed E-state index contributed by atoms with van der Waals surface area (Å²) in [7, 11) is 0. The van der Waals surface area contributed by atoms with Gasteiger partial charge in [0, 0.05) is 6.54 Å². The molecule has 2 aromatic rings. The summed E-state index contributed by atoms with van der Waals surface area (Å²) in [6.07, 6.45) is 0.633. The summed E-state index contributed by atoms with van der Waals surface area (Å²) in [5.41, 5.74) is 1.76. The number of amides is 1. The van der Waals surface area contributed by atoms with Gasteiger partial charge >= 0.3 is 5.97 Å². The zero-order valence-corrected chi connectivity index (χ0v) is 15.5. The molecule has 0 saturated carbocycles. The number of carbonyl (C=O) groups is 2. The Morgan fingerprint density at radius 3 is 2.59 bits per heavy atom. The fourth-order valence-corrected chi connectivity index (χ4v) is 3.10. The fourth-order valence-electron chi connectivity index (χ4n) is 3.10. The minimum absolute atomic E-state index is 0.0150. The van der Waals surface area contributed by atoms with Crippen molar-refractivity contribution in [2.24, 2.45) is 0 Å². The summed E-state index contributed by atoms with van der Waals surface area (Å²) in [6, 6.07) is 13.4. The predicted octanol–water partition coefficient (Wildman–Crippen LogP) is 3.54. The largest absolute Gasteiger partial charge is 0.465 e. The predicted molar refractivity (Wildman–Crippen MR) is 102 cm³/mol. The second-order valence-corrected chi connectivity index (χ2v) is 7.10. The van der Waals surface area contributed by atoms with E-state index in [0.29, 0.717) is 18.5 Å². The highest BCUT2D eigenvalue weighted by atomic mass is 19.1. The van der Waals surface area contributed by atoms with Crippen LogP contribution in [0.5, 0.6) is 0 Å². The highest BCUT2D eigenvalue weighted by Crippen LogP contribution is 2.34. The first-order valence-corrected chi connectivity index (χ1v) is 8.96. The molecule has 0 atom stereocenters. The third-order valence-corrected chi connectivity index (χ3v) is 4.47. The Labute approximate surface area is 158 Å². The van der Waals surface area contributed by atoms with Gasteiger partial charge in [0.1, 0.15) is 11.4 Å². The van der Waals surface area contributed by atoms with Gasteiger partial charge in [0.15, 0.2) is 0 Å². The molecule has 1 heterocycles.